The predicted molar refractivity (Wildman–Crippen MR) is 79.1 cm³/mol. The van der Waals surface area contributed by atoms with E-state index in [1.165, 1.54) is 21.0 Å². The summed E-state index contributed by atoms with van der Waals surface area (Å²) in [5.74, 6) is 0. The minimum Gasteiger partial charge on any atom is -0.726 e. The molecule has 0 aromatic carbocycles. The van der Waals surface area contributed by atoms with Gasteiger partial charge >= 0.3 is 29.6 Å². The van der Waals surface area contributed by atoms with Crippen LogP contribution < -0.4 is 29.6 Å². The molecule has 0 bridgehead atoms. The fourth-order valence-corrected chi connectivity index (χ4v) is 3.34. The zero-order valence-electron chi connectivity index (χ0n) is 15.2. The van der Waals surface area contributed by atoms with Crippen molar-refractivity contribution in [3.63, 3.8) is 0 Å². The van der Waals surface area contributed by atoms with Gasteiger partial charge in [0, 0.05) is 7.11 Å². The smallest absolute Gasteiger partial charge is 0.726 e. The van der Waals surface area contributed by atoms with E-state index in [0.29, 0.717) is 0 Å². The van der Waals surface area contributed by atoms with Crippen LogP contribution in [0, 0.1) is 0 Å². The first-order valence-corrected chi connectivity index (χ1v) is 9.15. The summed E-state index contributed by atoms with van der Waals surface area (Å²) in [4.78, 5) is 0. The van der Waals surface area contributed by atoms with Gasteiger partial charge in [-0.2, -0.15) is 0 Å². The fraction of sp³-hybridized carbons (Fsp3) is 1.00. The Bertz CT molecular complexity index is 576. The van der Waals surface area contributed by atoms with Crippen molar-refractivity contribution < 1.29 is 86.1 Å². The molecule has 0 unspecified atom stereocenters. The Labute approximate surface area is 178 Å². The molecule has 0 saturated carbocycles. The second-order valence-electron chi connectivity index (χ2n) is 6.19. The van der Waals surface area contributed by atoms with E-state index in [2.05, 4.69) is 4.18 Å². The molecule has 0 radical (unpaired) electrons. The summed E-state index contributed by atoms with van der Waals surface area (Å²) in [5, 5.41) is 39.7. The second-order valence-corrected chi connectivity index (χ2v) is 7.20. The summed E-state index contributed by atoms with van der Waals surface area (Å²) in [6.07, 6.45) is -14.2. The van der Waals surface area contributed by atoms with Crippen molar-refractivity contribution in [3.05, 3.63) is 0 Å². The van der Waals surface area contributed by atoms with Crippen LogP contribution in [0.25, 0.3) is 0 Å². The van der Waals surface area contributed by atoms with E-state index in [-0.39, 0.29) is 29.6 Å². The van der Waals surface area contributed by atoms with E-state index >= 15 is 0 Å². The number of aliphatic hydroxyl groups excluding tert-OH is 4. The molecule has 2 saturated heterocycles. The first-order valence-electron chi connectivity index (χ1n) is 7.81. The van der Waals surface area contributed by atoms with Crippen LogP contribution in [0.4, 0.5) is 0 Å². The Balaban J connectivity index is 0.00000364. The fourth-order valence-electron chi connectivity index (χ4n) is 2.85. The molecule has 0 aliphatic carbocycles. The number of hydrogen-bond acceptors (Lipinski definition) is 12. The van der Waals surface area contributed by atoms with Crippen LogP contribution in [-0.2, 0) is 33.5 Å². The van der Waals surface area contributed by atoms with Crippen LogP contribution in [0.15, 0.2) is 0 Å². The molecular formula is C13H23NaO12S. The molecule has 0 aromatic heterocycles. The average molecular weight is 426 g/mol. The van der Waals surface area contributed by atoms with E-state index < -0.39 is 71.8 Å². The third-order valence-corrected chi connectivity index (χ3v) is 4.78. The molecule has 4 N–H and O–H groups in total. The predicted octanol–water partition coefficient (Wildman–Crippen LogP) is -6.20. The molecule has 2 aliphatic rings. The number of hydrogen-bond donors (Lipinski definition) is 4. The van der Waals surface area contributed by atoms with Crippen molar-refractivity contribution in [3.8, 4) is 0 Å². The number of methoxy groups -OCH3 is 1. The molecule has 12 nitrogen and oxygen atoms in total. The molecule has 14 heteroatoms. The van der Waals surface area contributed by atoms with Gasteiger partial charge in [0.15, 0.2) is 12.6 Å². The summed E-state index contributed by atoms with van der Waals surface area (Å²) in [7, 11) is -4.02. The van der Waals surface area contributed by atoms with Crippen molar-refractivity contribution in [2.75, 3.05) is 7.11 Å². The average Bonchev–Trinajstić information content (AvgIpc) is 2.55. The summed E-state index contributed by atoms with van der Waals surface area (Å²) in [5.41, 5.74) is 0. The molecule has 0 amide bonds. The van der Waals surface area contributed by atoms with E-state index in [1.54, 1.807) is 0 Å². The van der Waals surface area contributed by atoms with Gasteiger partial charge in [-0.05, 0) is 13.8 Å². The summed E-state index contributed by atoms with van der Waals surface area (Å²) < 4.78 is 58.5. The molecule has 2 heterocycles. The minimum atomic E-state index is -5.22. The van der Waals surface area contributed by atoms with Crippen molar-refractivity contribution in [2.24, 2.45) is 0 Å². The SMILES string of the molecule is CO[C@@H]1O[C@@H](C)[C@@H](O)[C@@H](OS(=O)(=O)[O-])[C@@H]1O[C@@H]1O[C@@H](C)[C@@H](O)[C@@H](O)[C@@H]1O.[Na+]. The molecule has 154 valence electrons. The molecular weight excluding hydrogens is 403 g/mol. The first kappa shape index (κ1) is 25.6. The second kappa shape index (κ2) is 10.0. The van der Waals surface area contributed by atoms with Gasteiger partial charge in [-0.15, -0.1) is 0 Å². The Hall–Kier alpha value is 0.550. The Morgan fingerprint density at radius 1 is 0.852 bits per heavy atom. The zero-order chi connectivity index (χ0) is 19.8. The van der Waals surface area contributed by atoms with Gasteiger partial charge in [0.25, 0.3) is 0 Å². The van der Waals surface area contributed by atoms with Crippen molar-refractivity contribution in [2.45, 2.75) is 75.3 Å². The van der Waals surface area contributed by atoms with E-state index in [0.717, 1.165) is 0 Å². The van der Waals surface area contributed by atoms with E-state index in [9.17, 15) is 33.4 Å². The van der Waals surface area contributed by atoms with Crippen LogP contribution in [0.1, 0.15) is 13.8 Å². The summed E-state index contributed by atoms with van der Waals surface area (Å²) in [6, 6.07) is 0. The monoisotopic (exact) mass is 426 g/mol. The van der Waals surface area contributed by atoms with Gasteiger partial charge in [-0.25, -0.2) is 8.42 Å². The van der Waals surface area contributed by atoms with Gasteiger partial charge in [0.1, 0.15) is 36.6 Å². The molecule has 27 heavy (non-hydrogen) atoms. The maximum atomic E-state index is 11.0. The van der Waals surface area contributed by atoms with Crippen LogP contribution >= 0.6 is 0 Å². The minimum absolute atomic E-state index is 0. The number of rotatable bonds is 5. The van der Waals surface area contributed by atoms with Crippen LogP contribution in [0.2, 0.25) is 0 Å². The Kier molecular flexibility index (Phi) is 9.51. The molecule has 0 aromatic rings. The third kappa shape index (κ3) is 6.02. The van der Waals surface area contributed by atoms with Gasteiger partial charge < -0.3 is 43.9 Å². The molecule has 2 aliphatic heterocycles. The summed E-state index contributed by atoms with van der Waals surface area (Å²) in [6.45, 7) is 2.81. The van der Waals surface area contributed by atoms with Gasteiger partial charge in [-0.3, -0.25) is 4.18 Å². The van der Waals surface area contributed by atoms with Gasteiger partial charge in [-0.1, -0.05) is 0 Å². The summed E-state index contributed by atoms with van der Waals surface area (Å²) >= 11 is 0. The standard InChI is InChI=1S/C13H24O12S.Na/c1-4-6(14)8(16)9(17)12(22-4)24-11-10(25-26(18,19)20)7(15)5(2)23-13(11)21-3;/h4-17H,1-3H3,(H,18,19,20);/q;+1/p-1/t4-,5-,6+,7+,8+,9-,10+,11-,12-,13+;/m0./s1. The Morgan fingerprint density at radius 3 is 1.89 bits per heavy atom. The van der Waals surface area contributed by atoms with Crippen molar-refractivity contribution in [1.29, 1.82) is 0 Å². The van der Waals surface area contributed by atoms with Crippen LogP contribution in [-0.4, -0.2) is 102 Å². The number of ether oxygens (including phenoxy) is 4. The van der Waals surface area contributed by atoms with Gasteiger partial charge in [0.2, 0.25) is 10.4 Å². The Morgan fingerprint density at radius 2 is 1.37 bits per heavy atom. The zero-order valence-corrected chi connectivity index (χ0v) is 18.1. The largest absolute Gasteiger partial charge is 1.00 e. The van der Waals surface area contributed by atoms with Crippen molar-refractivity contribution in [1.82, 2.24) is 0 Å². The van der Waals surface area contributed by atoms with Gasteiger partial charge in [0.05, 0.1) is 12.2 Å². The normalized spacial score (nSPS) is 45.9. The molecule has 2 fully saturated rings. The molecule has 2 rings (SSSR count). The number of aliphatic hydroxyl groups is 4. The van der Waals surface area contributed by atoms with Crippen molar-refractivity contribution >= 4 is 10.4 Å². The third-order valence-electron chi connectivity index (χ3n) is 4.32. The topological polar surface area (TPSA) is 184 Å². The first-order chi connectivity index (χ1) is 12.0. The van der Waals surface area contributed by atoms with Crippen LogP contribution in [0.5, 0.6) is 0 Å². The molecule has 0 spiro atoms. The maximum Gasteiger partial charge on any atom is 1.00 e. The maximum absolute atomic E-state index is 11.0. The molecule has 10 atom stereocenters. The van der Waals surface area contributed by atoms with E-state index in [4.69, 9.17) is 18.9 Å². The van der Waals surface area contributed by atoms with E-state index in [1.807, 2.05) is 0 Å². The quantitative estimate of drug-likeness (QED) is 0.185. The van der Waals surface area contributed by atoms with Crippen LogP contribution in [0.3, 0.4) is 0 Å².